The van der Waals surface area contributed by atoms with Gasteiger partial charge in [0.25, 0.3) is 5.91 Å². The second-order valence-electron chi connectivity index (χ2n) is 5.21. The molecule has 130 valence electrons. The summed E-state index contributed by atoms with van der Waals surface area (Å²) < 4.78 is 36.9. The van der Waals surface area contributed by atoms with Gasteiger partial charge in [0.2, 0.25) is 11.7 Å². The number of rotatable bonds is 6. The van der Waals surface area contributed by atoms with Crippen LogP contribution in [0.25, 0.3) is 0 Å². The summed E-state index contributed by atoms with van der Waals surface area (Å²) in [7, 11) is 1.61. The molecule has 0 aliphatic rings. The van der Waals surface area contributed by atoms with Crippen molar-refractivity contribution >= 4 is 5.91 Å². The summed E-state index contributed by atoms with van der Waals surface area (Å²) in [5, 5.41) is 6.56. The number of nitrogens with one attached hydrogen (secondary N) is 1. The van der Waals surface area contributed by atoms with E-state index in [4.69, 9.17) is 9.15 Å². The summed E-state index contributed by atoms with van der Waals surface area (Å²) in [4.78, 5) is 17.7. The fraction of sp³-hybridized carbons (Fsp3) is 0.188. The first-order valence-electron chi connectivity index (χ1n) is 7.29. The molecular formula is C16H14F2N4O3. The van der Waals surface area contributed by atoms with Gasteiger partial charge in [-0.25, -0.2) is 9.37 Å². The summed E-state index contributed by atoms with van der Waals surface area (Å²) in [5.41, 5.74) is 0.852. The van der Waals surface area contributed by atoms with Crippen LogP contribution in [0.1, 0.15) is 22.1 Å². The van der Waals surface area contributed by atoms with Gasteiger partial charge in [-0.1, -0.05) is 6.07 Å². The van der Waals surface area contributed by atoms with E-state index in [0.717, 1.165) is 11.8 Å². The number of nitrogens with zero attached hydrogens (tertiary/aromatic N) is 3. The average Bonchev–Trinajstić information content (AvgIpc) is 3.27. The van der Waals surface area contributed by atoms with E-state index in [1.54, 1.807) is 19.3 Å². The zero-order valence-corrected chi connectivity index (χ0v) is 13.2. The highest BCUT2D eigenvalue weighted by Crippen LogP contribution is 2.20. The smallest absolute Gasteiger partial charge is 0.275 e. The number of carbonyl (C=O) groups is 1. The molecule has 0 radical (unpaired) electrons. The number of hydrogen-bond acceptors (Lipinski definition) is 5. The Kier molecular flexibility index (Phi) is 4.73. The summed E-state index contributed by atoms with van der Waals surface area (Å²) in [5.74, 6) is -2.66. The molecule has 0 saturated heterocycles. The standard InChI is InChI=1S/C16H14F2N4O3/c1-22(7-10-5-6-19-21-10)16(23)12-8-25-14(20-12)9-24-13-4-2-3-11(17)15(13)18/h2-6,8H,7,9H2,1H3,(H,19,21). The normalized spacial score (nSPS) is 10.7. The van der Waals surface area contributed by atoms with Gasteiger partial charge in [-0.2, -0.15) is 9.49 Å². The zero-order valence-electron chi connectivity index (χ0n) is 13.2. The van der Waals surface area contributed by atoms with Crippen LogP contribution < -0.4 is 4.74 Å². The van der Waals surface area contributed by atoms with E-state index in [1.165, 1.54) is 23.3 Å². The van der Waals surface area contributed by atoms with Crippen LogP contribution in [0.3, 0.4) is 0 Å². The Balaban J connectivity index is 1.61. The highest BCUT2D eigenvalue weighted by atomic mass is 19.2. The van der Waals surface area contributed by atoms with Gasteiger partial charge in [-0.05, 0) is 18.2 Å². The SMILES string of the molecule is CN(Cc1ccn[nH]1)C(=O)c1coc(COc2cccc(F)c2F)n1. The minimum Gasteiger partial charge on any atom is -0.481 e. The fourth-order valence-electron chi connectivity index (χ4n) is 2.11. The molecule has 1 N–H and O–H groups in total. The van der Waals surface area contributed by atoms with Crippen molar-refractivity contribution in [2.45, 2.75) is 13.2 Å². The number of halogens is 2. The number of H-pyrrole nitrogens is 1. The van der Waals surface area contributed by atoms with Crippen LogP contribution >= 0.6 is 0 Å². The number of benzene rings is 1. The summed E-state index contributed by atoms with van der Waals surface area (Å²) >= 11 is 0. The summed E-state index contributed by atoms with van der Waals surface area (Å²) in [6.45, 7) is 0.0872. The summed E-state index contributed by atoms with van der Waals surface area (Å²) in [6.07, 6.45) is 2.77. The first kappa shape index (κ1) is 16.6. The number of carbonyl (C=O) groups excluding carboxylic acids is 1. The molecule has 0 unspecified atom stereocenters. The summed E-state index contributed by atoms with van der Waals surface area (Å²) in [6, 6.07) is 5.34. The van der Waals surface area contributed by atoms with Gasteiger partial charge in [0, 0.05) is 13.2 Å². The van der Waals surface area contributed by atoms with Gasteiger partial charge in [-0.3, -0.25) is 9.89 Å². The van der Waals surface area contributed by atoms with Gasteiger partial charge in [-0.15, -0.1) is 0 Å². The van der Waals surface area contributed by atoms with Crippen LogP contribution in [0.5, 0.6) is 5.75 Å². The molecule has 7 nitrogen and oxygen atoms in total. The van der Waals surface area contributed by atoms with Crippen LogP contribution in [0.4, 0.5) is 8.78 Å². The van der Waals surface area contributed by atoms with Crippen molar-refractivity contribution in [3.8, 4) is 5.75 Å². The zero-order chi connectivity index (χ0) is 17.8. The molecule has 0 aliphatic heterocycles. The van der Waals surface area contributed by atoms with E-state index in [0.29, 0.717) is 6.54 Å². The monoisotopic (exact) mass is 348 g/mol. The van der Waals surface area contributed by atoms with Gasteiger partial charge in [0.05, 0.1) is 12.2 Å². The first-order chi connectivity index (χ1) is 12.0. The first-order valence-corrected chi connectivity index (χ1v) is 7.29. The highest BCUT2D eigenvalue weighted by molar-refractivity contribution is 5.91. The fourth-order valence-corrected chi connectivity index (χ4v) is 2.11. The number of amides is 1. The maximum Gasteiger partial charge on any atom is 0.275 e. The Bertz CT molecular complexity index is 864. The predicted molar refractivity (Wildman–Crippen MR) is 81.6 cm³/mol. The lowest BCUT2D eigenvalue weighted by atomic mass is 10.3. The maximum atomic E-state index is 13.5. The lowest BCUT2D eigenvalue weighted by Gasteiger charge is -2.13. The molecule has 2 aromatic heterocycles. The number of hydrogen-bond donors (Lipinski definition) is 1. The molecular weight excluding hydrogens is 334 g/mol. The van der Waals surface area contributed by atoms with Crippen LogP contribution in [0.2, 0.25) is 0 Å². The molecule has 0 saturated carbocycles. The van der Waals surface area contributed by atoms with Crippen molar-refractivity contribution in [3.63, 3.8) is 0 Å². The molecule has 2 heterocycles. The number of ether oxygens (including phenoxy) is 1. The molecule has 0 bridgehead atoms. The predicted octanol–water partition coefficient (Wildman–Crippen LogP) is 2.53. The lowest BCUT2D eigenvalue weighted by molar-refractivity contribution is 0.0777. The largest absolute Gasteiger partial charge is 0.481 e. The third kappa shape index (κ3) is 3.82. The van der Waals surface area contributed by atoms with Crippen LogP contribution in [0, 0.1) is 11.6 Å². The van der Waals surface area contributed by atoms with E-state index in [9.17, 15) is 13.6 Å². The minimum absolute atomic E-state index is 0.0713. The Labute approximate surface area is 141 Å². The van der Waals surface area contributed by atoms with E-state index < -0.39 is 11.6 Å². The third-order valence-corrected chi connectivity index (χ3v) is 3.35. The highest BCUT2D eigenvalue weighted by Gasteiger charge is 2.18. The topological polar surface area (TPSA) is 84.2 Å². The average molecular weight is 348 g/mol. The van der Waals surface area contributed by atoms with Gasteiger partial charge in [0.1, 0.15) is 6.26 Å². The van der Waals surface area contributed by atoms with Crippen molar-refractivity contribution in [3.05, 3.63) is 65.6 Å². The number of aromatic amines is 1. The van der Waals surface area contributed by atoms with E-state index >= 15 is 0 Å². The van der Waals surface area contributed by atoms with Gasteiger partial charge >= 0.3 is 0 Å². The second kappa shape index (κ2) is 7.12. The van der Waals surface area contributed by atoms with Crippen LogP contribution in [0.15, 0.2) is 41.1 Å². The lowest BCUT2D eigenvalue weighted by Crippen LogP contribution is -2.26. The Morgan fingerprint density at radius 3 is 2.96 bits per heavy atom. The maximum absolute atomic E-state index is 13.5. The van der Waals surface area contributed by atoms with E-state index in [-0.39, 0.29) is 29.8 Å². The molecule has 9 heteroatoms. The molecule has 0 aliphatic carbocycles. The molecule has 3 rings (SSSR count). The van der Waals surface area contributed by atoms with Crippen LogP contribution in [-0.2, 0) is 13.2 Å². The molecule has 3 aromatic rings. The Morgan fingerprint density at radius 1 is 1.36 bits per heavy atom. The molecule has 0 atom stereocenters. The van der Waals surface area contributed by atoms with Crippen LogP contribution in [-0.4, -0.2) is 33.0 Å². The molecule has 1 aromatic carbocycles. The van der Waals surface area contributed by atoms with Crippen molar-refractivity contribution in [1.82, 2.24) is 20.1 Å². The Hall–Kier alpha value is -3.23. The van der Waals surface area contributed by atoms with Gasteiger partial charge in [0.15, 0.2) is 23.9 Å². The molecule has 1 amide bonds. The van der Waals surface area contributed by atoms with E-state index in [2.05, 4.69) is 15.2 Å². The van der Waals surface area contributed by atoms with Crippen molar-refractivity contribution in [1.29, 1.82) is 0 Å². The third-order valence-electron chi connectivity index (χ3n) is 3.35. The molecule has 25 heavy (non-hydrogen) atoms. The van der Waals surface area contributed by atoms with Gasteiger partial charge < -0.3 is 14.1 Å². The number of aromatic nitrogens is 3. The van der Waals surface area contributed by atoms with Crippen molar-refractivity contribution in [2.75, 3.05) is 7.05 Å². The quantitative estimate of drug-likeness (QED) is 0.740. The van der Waals surface area contributed by atoms with E-state index in [1.807, 2.05) is 0 Å². The molecule has 0 spiro atoms. The minimum atomic E-state index is -1.09. The Morgan fingerprint density at radius 2 is 2.20 bits per heavy atom. The van der Waals surface area contributed by atoms with Crippen molar-refractivity contribution in [2.24, 2.45) is 0 Å². The second-order valence-corrected chi connectivity index (χ2v) is 5.21. The van der Waals surface area contributed by atoms with Crippen molar-refractivity contribution < 1.29 is 22.7 Å². The number of oxazole rings is 1. The molecule has 0 fully saturated rings.